The van der Waals surface area contributed by atoms with Gasteiger partial charge in [0.05, 0.1) is 25.6 Å². The van der Waals surface area contributed by atoms with Crippen molar-refractivity contribution in [3.8, 4) is 34.0 Å². The lowest BCUT2D eigenvalue weighted by molar-refractivity contribution is -0.115. The number of carbonyl (C=O) groups excluding carboxylic acids is 1. The summed E-state index contributed by atoms with van der Waals surface area (Å²) in [4.78, 5) is 20.9. The quantitative estimate of drug-likeness (QED) is 0.264. The number of hydrogen-bond acceptors (Lipinski definition) is 5. The van der Waals surface area contributed by atoms with Crippen LogP contribution in [-0.2, 0) is 4.79 Å². The fourth-order valence-corrected chi connectivity index (χ4v) is 4.42. The van der Waals surface area contributed by atoms with E-state index >= 15 is 0 Å². The summed E-state index contributed by atoms with van der Waals surface area (Å²) in [6.45, 7) is 4.15. The Balaban J connectivity index is 1.46. The lowest BCUT2D eigenvalue weighted by atomic mass is 10.0. The molecule has 6 nitrogen and oxygen atoms in total. The Morgan fingerprint density at radius 3 is 2.03 bits per heavy atom. The average molecular weight is 488 g/mol. The number of anilines is 1. The molecule has 0 radical (unpaired) electrons. The Morgan fingerprint density at radius 1 is 0.886 bits per heavy atom. The molecule has 0 aliphatic rings. The molecule has 0 saturated heterocycles. The van der Waals surface area contributed by atoms with Gasteiger partial charge >= 0.3 is 0 Å². The minimum atomic E-state index is -0.0862. The number of aromatic nitrogens is 2. The SMILES string of the molecule is COc1cc(NC(=O)CCSc2nc(-c3ccc(C)cc3)c(-c3ccc(C)cc3)[nH]2)cc(OC)c1. The first-order valence-electron chi connectivity index (χ1n) is 11.3. The summed E-state index contributed by atoms with van der Waals surface area (Å²) in [5.74, 6) is 1.74. The molecule has 0 fully saturated rings. The van der Waals surface area contributed by atoms with Crippen molar-refractivity contribution in [2.45, 2.75) is 25.4 Å². The van der Waals surface area contributed by atoms with Crippen LogP contribution in [0.15, 0.2) is 71.9 Å². The first kappa shape index (κ1) is 24.4. The fraction of sp³-hybridized carbons (Fsp3) is 0.214. The Morgan fingerprint density at radius 2 is 1.46 bits per heavy atom. The molecule has 0 aliphatic heterocycles. The second kappa shape index (κ2) is 11.1. The van der Waals surface area contributed by atoms with Crippen LogP contribution in [0.2, 0.25) is 0 Å². The molecular formula is C28H29N3O3S. The molecule has 1 amide bonds. The molecule has 0 bridgehead atoms. The lowest BCUT2D eigenvalue weighted by Crippen LogP contribution is -2.12. The zero-order chi connectivity index (χ0) is 24.8. The molecule has 4 aromatic rings. The highest BCUT2D eigenvalue weighted by Gasteiger charge is 2.15. The normalized spacial score (nSPS) is 10.7. The molecule has 1 aromatic heterocycles. The van der Waals surface area contributed by atoms with Gasteiger partial charge in [0.15, 0.2) is 5.16 Å². The predicted molar refractivity (Wildman–Crippen MR) is 142 cm³/mol. The average Bonchev–Trinajstić information content (AvgIpc) is 3.28. The van der Waals surface area contributed by atoms with E-state index in [0.717, 1.165) is 27.7 Å². The standard InChI is InChI=1S/C28H29N3O3S/c1-18-5-9-20(10-6-18)26-27(21-11-7-19(2)8-12-21)31-28(30-26)35-14-13-25(32)29-22-15-23(33-3)17-24(16-22)34-4/h5-12,15-17H,13-14H2,1-4H3,(H,29,32)(H,30,31). The molecule has 180 valence electrons. The number of thioether (sulfide) groups is 1. The third kappa shape index (κ3) is 6.25. The van der Waals surface area contributed by atoms with Crippen molar-refractivity contribution in [3.05, 3.63) is 77.9 Å². The van der Waals surface area contributed by atoms with Crippen molar-refractivity contribution in [1.29, 1.82) is 0 Å². The van der Waals surface area contributed by atoms with Crippen LogP contribution in [0.1, 0.15) is 17.5 Å². The van der Waals surface area contributed by atoms with Crippen molar-refractivity contribution < 1.29 is 14.3 Å². The van der Waals surface area contributed by atoms with E-state index in [2.05, 4.69) is 72.7 Å². The number of methoxy groups -OCH3 is 2. The van der Waals surface area contributed by atoms with Gasteiger partial charge in [-0.2, -0.15) is 0 Å². The summed E-state index contributed by atoms with van der Waals surface area (Å²) in [6, 6.07) is 22.1. The summed E-state index contributed by atoms with van der Waals surface area (Å²) >= 11 is 1.53. The largest absolute Gasteiger partial charge is 0.497 e. The van der Waals surface area contributed by atoms with Crippen molar-refractivity contribution in [2.24, 2.45) is 0 Å². The van der Waals surface area contributed by atoms with Crippen LogP contribution in [-0.4, -0.2) is 35.8 Å². The van der Waals surface area contributed by atoms with Gasteiger partial charge in [0.25, 0.3) is 0 Å². The van der Waals surface area contributed by atoms with Crippen LogP contribution >= 0.6 is 11.8 Å². The number of amides is 1. The number of carbonyl (C=O) groups is 1. The maximum atomic E-state index is 12.5. The van der Waals surface area contributed by atoms with E-state index in [-0.39, 0.29) is 5.91 Å². The third-order valence-corrected chi connectivity index (χ3v) is 6.43. The lowest BCUT2D eigenvalue weighted by Gasteiger charge is -2.09. The summed E-state index contributed by atoms with van der Waals surface area (Å²) < 4.78 is 10.5. The van der Waals surface area contributed by atoms with Crippen LogP contribution < -0.4 is 14.8 Å². The molecule has 0 unspecified atom stereocenters. The minimum Gasteiger partial charge on any atom is -0.497 e. The van der Waals surface area contributed by atoms with Crippen LogP contribution in [0.25, 0.3) is 22.5 Å². The molecule has 4 rings (SSSR count). The second-order valence-electron chi connectivity index (χ2n) is 8.25. The number of ether oxygens (including phenoxy) is 2. The van der Waals surface area contributed by atoms with Gasteiger partial charge in [-0.3, -0.25) is 4.79 Å². The van der Waals surface area contributed by atoms with E-state index < -0.39 is 0 Å². The molecular weight excluding hydrogens is 458 g/mol. The molecule has 0 aliphatic carbocycles. The summed E-state index contributed by atoms with van der Waals surface area (Å²) in [7, 11) is 3.16. The molecule has 3 aromatic carbocycles. The number of aryl methyl sites for hydroxylation is 2. The first-order chi connectivity index (χ1) is 16.9. The van der Waals surface area contributed by atoms with E-state index in [4.69, 9.17) is 14.5 Å². The molecule has 7 heteroatoms. The van der Waals surface area contributed by atoms with Gasteiger partial charge in [-0.05, 0) is 13.8 Å². The number of H-pyrrole nitrogens is 1. The minimum absolute atomic E-state index is 0.0862. The summed E-state index contributed by atoms with van der Waals surface area (Å²) in [5.41, 5.74) is 7.06. The summed E-state index contributed by atoms with van der Waals surface area (Å²) in [6.07, 6.45) is 0.338. The Labute approximate surface area is 210 Å². The van der Waals surface area contributed by atoms with Crippen molar-refractivity contribution in [3.63, 3.8) is 0 Å². The van der Waals surface area contributed by atoms with Gasteiger partial charge in [-0.1, -0.05) is 71.4 Å². The van der Waals surface area contributed by atoms with E-state index in [1.807, 2.05) is 0 Å². The van der Waals surface area contributed by atoms with Gasteiger partial charge in [-0.15, -0.1) is 0 Å². The number of nitrogens with zero attached hydrogens (tertiary/aromatic N) is 1. The van der Waals surface area contributed by atoms with Gasteiger partial charge in [0, 0.05) is 47.2 Å². The highest BCUT2D eigenvalue weighted by atomic mass is 32.2. The van der Waals surface area contributed by atoms with Gasteiger partial charge in [-0.25, -0.2) is 4.98 Å². The molecule has 0 atom stereocenters. The number of nitrogens with one attached hydrogen (secondary N) is 2. The van der Waals surface area contributed by atoms with Crippen LogP contribution in [0.3, 0.4) is 0 Å². The Hall–Kier alpha value is -3.71. The Kier molecular flexibility index (Phi) is 7.77. The maximum Gasteiger partial charge on any atom is 0.225 e. The topological polar surface area (TPSA) is 76.2 Å². The molecule has 1 heterocycles. The number of benzene rings is 3. The maximum absolute atomic E-state index is 12.5. The smallest absolute Gasteiger partial charge is 0.225 e. The fourth-order valence-electron chi connectivity index (χ4n) is 3.61. The number of aromatic amines is 1. The van der Waals surface area contributed by atoms with E-state index in [1.165, 1.54) is 22.9 Å². The van der Waals surface area contributed by atoms with E-state index in [9.17, 15) is 4.79 Å². The molecule has 0 spiro atoms. The zero-order valence-electron chi connectivity index (χ0n) is 20.3. The van der Waals surface area contributed by atoms with Crippen molar-refractivity contribution in [1.82, 2.24) is 9.97 Å². The predicted octanol–water partition coefficient (Wildman–Crippen LogP) is 6.50. The van der Waals surface area contributed by atoms with Crippen molar-refractivity contribution in [2.75, 3.05) is 25.3 Å². The second-order valence-corrected chi connectivity index (χ2v) is 9.33. The molecule has 0 saturated carbocycles. The highest BCUT2D eigenvalue weighted by Crippen LogP contribution is 2.33. The molecule has 35 heavy (non-hydrogen) atoms. The summed E-state index contributed by atoms with van der Waals surface area (Å²) in [5, 5.41) is 3.70. The Bertz CT molecular complexity index is 1210. The first-order valence-corrected chi connectivity index (χ1v) is 12.3. The number of imidazole rings is 1. The van der Waals surface area contributed by atoms with Gasteiger partial charge in [0.1, 0.15) is 11.5 Å². The van der Waals surface area contributed by atoms with Crippen LogP contribution in [0.4, 0.5) is 5.69 Å². The van der Waals surface area contributed by atoms with E-state index in [0.29, 0.717) is 29.4 Å². The van der Waals surface area contributed by atoms with Crippen LogP contribution in [0.5, 0.6) is 11.5 Å². The number of hydrogen-bond donors (Lipinski definition) is 2. The zero-order valence-corrected chi connectivity index (χ0v) is 21.2. The van der Waals surface area contributed by atoms with Crippen molar-refractivity contribution >= 4 is 23.4 Å². The number of rotatable bonds is 9. The van der Waals surface area contributed by atoms with E-state index in [1.54, 1.807) is 32.4 Å². The van der Waals surface area contributed by atoms with Gasteiger partial charge in [0.2, 0.25) is 5.91 Å². The highest BCUT2D eigenvalue weighted by molar-refractivity contribution is 7.99. The monoisotopic (exact) mass is 487 g/mol. The molecule has 2 N–H and O–H groups in total. The van der Waals surface area contributed by atoms with Gasteiger partial charge < -0.3 is 19.8 Å². The van der Waals surface area contributed by atoms with Crippen LogP contribution in [0, 0.1) is 13.8 Å². The third-order valence-electron chi connectivity index (χ3n) is 5.55.